The number of anilines is 1. The fourth-order valence-corrected chi connectivity index (χ4v) is 2.53. The van der Waals surface area contributed by atoms with Crippen molar-refractivity contribution in [1.29, 1.82) is 0 Å². The van der Waals surface area contributed by atoms with E-state index in [1.807, 2.05) is 0 Å². The topological polar surface area (TPSA) is 3.24 Å². The van der Waals surface area contributed by atoms with E-state index in [1.54, 1.807) is 0 Å². The molecular weight excluding hydrogens is 286 g/mol. The molecule has 2 rings (SSSR count). The van der Waals surface area contributed by atoms with Crippen molar-refractivity contribution < 1.29 is 0 Å². The summed E-state index contributed by atoms with van der Waals surface area (Å²) < 4.78 is 0. The van der Waals surface area contributed by atoms with E-state index in [2.05, 4.69) is 82.5 Å². The highest BCUT2D eigenvalue weighted by Crippen LogP contribution is 2.21. The number of benzene rings is 2. The van der Waals surface area contributed by atoms with E-state index in [9.17, 15) is 0 Å². The lowest BCUT2D eigenvalue weighted by atomic mass is 10.1. The van der Waals surface area contributed by atoms with Crippen molar-refractivity contribution in [1.82, 2.24) is 0 Å². The molecule has 2 heteroatoms. The Kier molecular flexibility index (Phi) is 4.82. The van der Waals surface area contributed by atoms with Crippen molar-refractivity contribution in [3.63, 3.8) is 0 Å². The van der Waals surface area contributed by atoms with Gasteiger partial charge in [0.1, 0.15) is 0 Å². The van der Waals surface area contributed by atoms with E-state index in [1.165, 1.54) is 16.8 Å². The Balaban J connectivity index is 2.01. The summed E-state index contributed by atoms with van der Waals surface area (Å²) in [7, 11) is 2.16. The Morgan fingerprint density at radius 1 is 0.944 bits per heavy atom. The Labute approximate surface area is 118 Å². The second-order valence-electron chi connectivity index (χ2n) is 4.42. The maximum absolute atomic E-state index is 3.55. The van der Waals surface area contributed by atoms with Gasteiger partial charge in [0.05, 0.1) is 0 Å². The summed E-state index contributed by atoms with van der Waals surface area (Å²) in [6.07, 6.45) is 1.08. The van der Waals surface area contributed by atoms with Crippen LogP contribution in [0.1, 0.15) is 11.1 Å². The largest absolute Gasteiger partial charge is 0.374 e. The number of hydrogen-bond acceptors (Lipinski definition) is 1. The van der Waals surface area contributed by atoms with Gasteiger partial charge in [-0.3, -0.25) is 0 Å². The molecule has 0 saturated carbocycles. The third-order valence-corrected chi connectivity index (χ3v) is 3.73. The van der Waals surface area contributed by atoms with Gasteiger partial charge >= 0.3 is 0 Å². The molecule has 1 nitrogen and oxygen atoms in total. The van der Waals surface area contributed by atoms with Crippen molar-refractivity contribution in [2.45, 2.75) is 11.8 Å². The van der Waals surface area contributed by atoms with Crippen molar-refractivity contribution in [2.24, 2.45) is 0 Å². The van der Waals surface area contributed by atoms with Crippen LogP contribution in [0.4, 0.5) is 5.69 Å². The molecule has 94 valence electrons. The normalized spacial score (nSPS) is 10.3. The lowest BCUT2D eigenvalue weighted by Gasteiger charge is -2.22. The number of hydrogen-bond donors (Lipinski definition) is 0. The maximum atomic E-state index is 3.55. The molecule has 0 fully saturated rings. The quantitative estimate of drug-likeness (QED) is 0.746. The zero-order valence-electron chi connectivity index (χ0n) is 10.6. The van der Waals surface area contributed by atoms with Gasteiger partial charge in [0, 0.05) is 24.6 Å². The van der Waals surface area contributed by atoms with Gasteiger partial charge in [-0.25, -0.2) is 0 Å². The average Bonchev–Trinajstić information content (AvgIpc) is 2.45. The third-order valence-electron chi connectivity index (χ3n) is 3.13. The molecule has 0 atom stereocenters. The zero-order chi connectivity index (χ0) is 12.8. The van der Waals surface area contributed by atoms with Crippen LogP contribution in [0, 0.1) is 0 Å². The van der Waals surface area contributed by atoms with Crippen LogP contribution in [0.5, 0.6) is 0 Å². The predicted octanol–water partition coefficient (Wildman–Crippen LogP) is 4.26. The van der Waals surface area contributed by atoms with Crippen LogP contribution >= 0.6 is 15.9 Å². The van der Waals surface area contributed by atoms with Crippen molar-refractivity contribution in [2.75, 3.05) is 18.5 Å². The highest BCUT2D eigenvalue weighted by atomic mass is 79.9. The van der Waals surface area contributed by atoms with Crippen molar-refractivity contribution in [3.8, 4) is 0 Å². The first kappa shape index (κ1) is 13.2. The molecule has 0 amide bonds. The minimum atomic E-state index is 0.902. The summed E-state index contributed by atoms with van der Waals surface area (Å²) in [5.74, 6) is 0. The minimum Gasteiger partial charge on any atom is -0.374 e. The summed E-state index contributed by atoms with van der Waals surface area (Å²) in [6.45, 7) is 1.04. The van der Waals surface area contributed by atoms with Gasteiger partial charge in [-0.15, -0.1) is 0 Å². The van der Waals surface area contributed by atoms with Gasteiger partial charge < -0.3 is 4.90 Å². The van der Waals surface area contributed by atoms with Gasteiger partial charge in [0.25, 0.3) is 0 Å². The first-order chi connectivity index (χ1) is 8.81. The molecule has 0 aliphatic heterocycles. The van der Waals surface area contributed by atoms with E-state index in [4.69, 9.17) is 0 Å². The number of nitrogens with zero attached hydrogens (tertiary/aromatic N) is 1. The maximum Gasteiger partial charge on any atom is 0.0404 e. The number of halogens is 1. The molecule has 0 radical (unpaired) electrons. The Morgan fingerprint density at radius 2 is 1.61 bits per heavy atom. The van der Waals surface area contributed by atoms with Crippen molar-refractivity contribution >= 4 is 21.6 Å². The molecular formula is C16H18BrN. The van der Waals surface area contributed by atoms with Gasteiger partial charge in [0.15, 0.2) is 0 Å². The Hall–Kier alpha value is -1.28. The summed E-state index contributed by atoms with van der Waals surface area (Å²) in [5, 5.41) is 0.902. The molecule has 18 heavy (non-hydrogen) atoms. The van der Waals surface area contributed by atoms with Crippen LogP contribution in [0.25, 0.3) is 0 Å². The molecule has 2 aromatic carbocycles. The highest BCUT2D eigenvalue weighted by Gasteiger charge is 2.05. The number of alkyl halides is 1. The number of rotatable bonds is 5. The van der Waals surface area contributed by atoms with E-state index in [0.717, 1.165) is 18.3 Å². The van der Waals surface area contributed by atoms with E-state index in [0.29, 0.717) is 0 Å². The highest BCUT2D eigenvalue weighted by molar-refractivity contribution is 9.08. The molecule has 0 spiro atoms. The second kappa shape index (κ2) is 6.60. The van der Waals surface area contributed by atoms with E-state index in [-0.39, 0.29) is 0 Å². The number of para-hydroxylation sites is 1. The van der Waals surface area contributed by atoms with Gasteiger partial charge in [-0.2, -0.15) is 0 Å². The van der Waals surface area contributed by atoms with Crippen LogP contribution in [0.3, 0.4) is 0 Å². The lowest BCUT2D eigenvalue weighted by molar-refractivity contribution is 0.872. The SMILES string of the molecule is CN(CCc1ccccc1)c1ccccc1CBr. The summed E-state index contributed by atoms with van der Waals surface area (Å²) in [6, 6.07) is 19.2. The molecule has 0 heterocycles. The summed E-state index contributed by atoms with van der Waals surface area (Å²) >= 11 is 3.55. The standard InChI is InChI=1S/C16H18BrN/c1-18(12-11-14-7-3-2-4-8-14)16-10-6-5-9-15(16)13-17/h2-10H,11-13H2,1H3. The Bertz CT molecular complexity index is 481. The second-order valence-corrected chi connectivity index (χ2v) is 4.98. The van der Waals surface area contributed by atoms with Crippen LogP contribution in [0.2, 0.25) is 0 Å². The van der Waals surface area contributed by atoms with Crippen LogP contribution < -0.4 is 4.90 Å². The van der Waals surface area contributed by atoms with Gasteiger partial charge in [0.2, 0.25) is 0 Å². The molecule has 0 N–H and O–H groups in total. The molecule has 0 aromatic heterocycles. The fraction of sp³-hybridized carbons (Fsp3) is 0.250. The fourth-order valence-electron chi connectivity index (χ4n) is 2.06. The lowest BCUT2D eigenvalue weighted by Crippen LogP contribution is -2.21. The number of likely N-dealkylation sites (N-methyl/N-ethyl adjacent to an activating group) is 1. The monoisotopic (exact) mass is 303 g/mol. The zero-order valence-corrected chi connectivity index (χ0v) is 12.2. The van der Waals surface area contributed by atoms with Crippen molar-refractivity contribution in [3.05, 3.63) is 65.7 Å². The Morgan fingerprint density at radius 3 is 2.33 bits per heavy atom. The predicted molar refractivity (Wildman–Crippen MR) is 82.5 cm³/mol. The molecule has 2 aromatic rings. The molecule has 0 aliphatic carbocycles. The summed E-state index contributed by atoms with van der Waals surface area (Å²) in [4.78, 5) is 2.32. The molecule has 0 unspecified atom stereocenters. The summed E-state index contributed by atoms with van der Waals surface area (Å²) in [5.41, 5.74) is 4.04. The third kappa shape index (κ3) is 3.36. The first-order valence-corrected chi connectivity index (χ1v) is 7.32. The molecule has 0 aliphatic rings. The molecule has 0 bridgehead atoms. The van der Waals surface area contributed by atoms with E-state index < -0.39 is 0 Å². The van der Waals surface area contributed by atoms with Crippen LogP contribution in [-0.4, -0.2) is 13.6 Å². The van der Waals surface area contributed by atoms with E-state index >= 15 is 0 Å². The van der Waals surface area contributed by atoms with Gasteiger partial charge in [-0.1, -0.05) is 64.5 Å². The average molecular weight is 304 g/mol. The first-order valence-electron chi connectivity index (χ1n) is 6.20. The minimum absolute atomic E-state index is 0.902. The van der Waals surface area contributed by atoms with Gasteiger partial charge in [-0.05, 0) is 23.6 Å². The molecule has 0 saturated heterocycles. The van der Waals surface area contributed by atoms with Crippen LogP contribution in [-0.2, 0) is 11.8 Å². The van der Waals surface area contributed by atoms with Crippen LogP contribution in [0.15, 0.2) is 54.6 Å². The smallest absolute Gasteiger partial charge is 0.0404 e.